The van der Waals surface area contributed by atoms with Gasteiger partial charge in [-0.05, 0) is 39.5 Å². The van der Waals surface area contributed by atoms with Crippen LogP contribution in [-0.4, -0.2) is 14.3 Å². The normalized spacial score (nSPS) is 11.2. The molecular formula is C11H8BrNO3S2. The van der Waals surface area contributed by atoms with Crippen LogP contribution in [0.15, 0.2) is 50.5 Å². The Morgan fingerprint density at radius 2 is 1.89 bits per heavy atom. The predicted molar refractivity (Wildman–Crippen MR) is 73.1 cm³/mol. The minimum atomic E-state index is -3.78. The molecule has 2 rings (SSSR count). The Kier molecular flexibility index (Phi) is 3.84. The van der Waals surface area contributed by atoms with Crippen molar-refractivity contribution < 1.29 is 13.2 Å². The Bertz CT molecular complexity index is 665. The number of nitrogens with one attached hydrogen (secondary N) is 1. The standard InChI is InChI=1S/C11H8BrNO3S2/c12-9-5-2-1-4-8(9)11(14)13-18(15,16)10-6-3-7-17-10/h1-7H,(H,13,14). The number of sulfonamides is 1. The molecule has 0 aliphatic heterocycles. The molecule has 0 fully saturated rings. The van der Waals surface area contributed by atoms with Gasteiger partial charge in [0.1, 0.15) is 4.21 Å². The van der Waals surface area contributed by atoms with Crippen molar-refractivity contribution >= 4 is 43.2 Å². The highest BCUT2D eigenvalue weighted by Crippen LogP contribution is 2.18. The molecule has 1 aromatic heterocycles. The summed E-state index contributed by atoms with van der Waals surface area (Å²) in [6, 6.07) is 9.69. The molecule has 0 spiro atoms. The zero-order valence-corrected chi connectivity index (χ0v) is 12.2. The Labute approximate surface area is 117 Å². The van der Waals surface area contributed by atoms with E-state index in [1.54, 1.807) is 35.7 Å². The molecule has 0 aliphatic carbocycles. The molecule has 1 N–H and O–H groups in total. The molecule has 4 nitrogen and oxygen atoms in total. The second-order valence-corrected chi connectivity index (χ2v) is 7.06. The van der Waals surface area contributed by atoms with Gasteiger partial charge < -0.3 is 0 Å². The highest BCUT2D eigenvalue weighted by molar-refractivity contribution is 9.10. The van der Waals surface area contributed by atoms with Gasteiger partial charge >= 0.3 is 0 Å². The first kappa shape index (κ1) is 13.3. The number of carbonyl (C=O) groups is 1. The van der Waals surface area contributed by atoms with E-state index < -0.39 is 15.9 Å². The van der Waals surface area contributed by atoms with Crippen LogP contribution in [0.25, 0.3) is 0 Å². The number of amides is 1. The van der Waals surface area contributed by atoms with E-state index in [-0.39, 0.29) is 9.77 Å². The van der Waals surface area contributed by atoms with Crippen molar-refractivity contribution in [3.05, 3.63) is 51.8 Å². The maximum atomic E-state index is 11.9. The lowest BCUT2D eigenvalue weighted by molar-refractivity contribution is 0.0980. The van der Waals surface area contributed by atoms with Crippen LogP contribution in [-0.2, 0) is 10.0 Å². The predicted octanol–water partition coefficient (Wildman–Crippen LogP) is 2.63. The Hall–Kier alpha value is -1.18. The highest BCUT2D eigenvalue weighted by atomic mass is 79.9. The van der Waals surface area contributed by atoms with Crippen molar-refractivity contribution in [1.82, 2.24) is 4.72 Å². The molecule has 0 bridgehead atoms. The summed E-state index contributed by atoms with van der Waals surface area (Å²) < 4.78 is 26.4. The number of carbonyl (C=O) groups excluding carboxylic acids is 1. The second kappa shape index (κ2) is 5.21. The number of halogens is 1. The van der Waals surface area contributed by atoms with Crippen molar-refractivity contribution in [2.24, 2.45) is 0 Å². The van der Waals surface area contributed by atoms with Gasteiger partial charge in [-0.3, -0.25) is 4.79 Å². The number of rotatable bonds is 3. The summed E-state index contributed by atoms with van der Waals surface area (Å²) in [4.78, 5) is 11.9. The van der Waals surface area contributed by atoms with E-state index in [2.05, 4.69) is 15.9 Å². The molecule has 1 aromatic carbocycles. The summed E-state index contributed by atoms with van der Waals surface area (Å²) in [5, 5.41) is 1.64. The lowest BCUT2D eigenvalue weighted by Gasteiger charge is -2.06. The molecule has 0 saturated carbocycles. The van der Waals surface area contributed by atoms with Crippen molar-refractivity contribution in [2.75, 3.05) is 0 Å². The quantitative estimate of drug-likeness (QED) is 0.929. The molecule has 7 heteroatoms. The third-order valence-electron chi connectivity index (χ3n) is 2.11. The van der Waals surface area contributed by atoms with Gasteiger partial charge in [-0.25, -0.2) is 13.1 Å². The van der Waals surface area contributed by atoms with Crippen LogP contribution in [0.2, 0.25) is 0 Å². The van der Waals surface area contributed by atoms with Gasteiger partial charge in [0.25, 0.3) is 15.9 Å². The zero-order valence-electron chi connectivity index (χ0n) is 8.96. The van der Waals surface area contributed by atoms with Crippen molar-refractivity contribution in [2.45, 2.75) is 4.21 Å². The average Bonchev–Trinajstić information content (AvgIpc) is 2.82. The molecule has 1 heterocycles. The Balaban J connectivity index is 2.26. The van der Waals surface area contributed by atoms with Gasteiger partial charge in [0.15, 0.2) is 0 Å². The first-order chi connectivity index (χ1) is 8.50. The van der Waals surface area contributed by atoms with Gasteiger partial charge in [0.05, 0.1) is 5.56 Å². The van der Waals surface area contributed by atoms with Gasteiger partial charge in [-0.1, -0.05) is 18.2 Å². The number of hydrogen-bond acceptors (Lipinski definition) is 4. The maximum absolute atomic E-state index is 11.9. The summed E-state index contributed by atoms with van der Waals surface area (Å²) in [5.41, 5.74) is 0.276. The van der Waals surface area contributed by atoms with E-state index in [0.29, 0.717) is 4.47 Å². The lowest BCUT2D eigenvalue weighted by Crippen LogP contribution is -2.30. The molecule has 0 radical (unpaired) electrons. The minimum Gasteiger partial charge on any atom is -0.268 e. The molecule has 18 heavy (non-hydrogen) atoms. The Morgan fingerprint density at radius 1 is 1.17 bits per heavy atom. The summed E-state index contributed by atoms with van der Waals surface area (Å²) in [6.45, 7) is 0. The average molecular weight is 346 g/mol. The third-order valence-corrected chi connectivity index (χ3v) is 5.53. The van der Waals surface area contributed by atoms with Crippen LogP contribution < -0.4 is 4.72 Å². The van der Waals surface area contributed by atoms with E-state index >= 15 is 0 Å². The summed E-state index contributed by atoms with van der Waals surface area (Å²) in [6.07, 6.45) is 0. The number of hydrogen-bond donors (Lipinski definition) is 1. The van der Waals surface area contributed by atoms with E-state index in [9.17, 15) is 13.2 Å². The fraction of sp³-hybridized carbons (Fsp3) is 0. The third kappa shape index (κ3) is 2.80. The zero-order chi connectivity index (χ0) is 13.2. The van der Waals surface area contributed by atoms with Gasteiger partial charge in [0.2, 0.25) is 0 Å². The highest BCUT2D eigenvalue weighted by Gasteiger charge is 2.20. The van der Waals surface area contributed by atoms with E-state index in [0.717, 1.165) is 11.3 Å². The maximum Gasteiger partial charge on any atom is 0.273 e. The topological polar surface area (TPSA) is 63.2 Å². The molecule has 94 valence electrons. The summed E-state index contributed by atoms with van der Waals surface area (Å²) in [5.74, 6) is -0.657. The Morgan fingerprint density at radius 3 is 2.50 bits per heavy atom. The number of benzene rings is 1. The first-order valence-electron chi connectivity index (χ1n) is 4.86. The van der Waals surface area contributed by atoms with Crippen LogP contribution in [0.3, 0.4) is 0 Å². The first-order valence-corrected chi connectivity index (χ1v) is 8.01. The molecular weight excluding hydrogens is 338 g/mol. The smallest absolute Gasteiger partial charge is 0.268 e. The van der Waals surface area contributed by atoms with E-state index in [1.807, 2.05) is 4.72 Å². The molecule has 0 unspecified atom stereocenters. The molecule has 2 aromatic rings. The largest absolute Gasteiger partial charge is 0.273 e. The van der Waals surface area contributed by atoms with Crippen LogP contribution in [0.5, 0.6) is 0 Å². The van der Waals surface area contributed by atoms with Crippen LogP contribution >= 0.6 is 27.3 Å². The lowest BCUT2D eigenvalue weighted by atomic mass is 10.2. The van der Waals surface area contributed by atoms with Crippen LogP contribution in [0.1, 0.15) is 10.4 Å². The second-order valence-electron chi connectivity index (χ2n) is 3.35. The SMILES string of the molecule is O=C(NS(=O)(=O)c1cccs1)c1ccccc1Br. The molecule has 0 atom stereocenters. The van der Waals surface area contributed by atoms with Crippen molar-refractivity contribution in [3.8, 4) is 0 Å². The van der Waals surface area contributed by atoms with E-state index in [4.69, 9.17) is 0 Å². The van der Waals surface area contributed by atoms with Crippen LogP contribution in [0, 0.1) is 0 Å². The van der Waals surface area contributed by atoms with Gasteiger partial charge in [0, 0.05) is 4.47 Å². The summed E-state index contributed by atoms with van der Waals surface area (Å²) in [7, 11) is -3.78. The van der Waals surface area contributed by atoms with Crippen LogP contribution in [0.4, 0.5) is 0 Å². The van der Waals surface area contributed by atoms with E-state index in [1.165, 1.54) is 6.07 Å². The van der Waals surface area contributed by atoms with Crippen molar-refractivity contribution in [3.63, 3.8) is 0 Å². The monoisotopic (exact) mass is 345 g/mol. The van der Waals surface area contributed by atoms with Crippen molar-refractivity contribution in [1.29, 1.82) is 0 Å². The summed E-state index contributed by atoms with van der Waals surface area (Å²) >= 11 is 4.26. The van der Waals surface area contributed by atoms with Gasteiger partial charge in [-0.15, -0.1) is 11.3 Å². The molecule has 1 amide bonds. The fourth-order valence-electron chi connectivity index (χ4n) is 1.29. The fourth-order valence-corrected chi connectivity index (χ4v) is 3.71. The minimum absolute atomic E-state index is 0.114. The molecule has 0 aliphatic rings. The number of thiophene rings is 1. The van der Waals surface area contributed by atoms with Gasteiger partial charge in [-0.2, -0.15) is 0 Å². The molecule has 0 saturated heterocycles.